The SMILES string of the molecule is CCOc1cc(C=C(C#N)C(=O)Nc2nc(S(=O)(=O)CC)ns2)ccc1OCc1ccccc1. The molecule has 1 N–H and O–H groups in total. The summed E-state index contributed by atoms with van der Waals surface area (Å²) >= 11 is 0.724. The van der Waals surface area contributed by atoms with Crippen LogP contribution in [0.4, 0.5) is 5.13 Å². The molecule has 0 unspecified atom stereocenters. The van der Waals surface area contributed by atoms with Crippen molar-refractivity contribution in [1.82, 2.24) is 9.36 Å². The Balaban J connectivity index is 1.77. The summed E-state index contributed by atoms with van der Waals surface area (Å²) in [6.45, 7) is 4.08. The van der Waals surface area contributed by atoms with Gasteiger partial charge in [0.15, 0.2) is 11.5 Å². The molecule has 176 valence electrons. The van der Waals surface area contributed by atoms with Crippen LogP contribution in [-0.2, 0) is 21.2 Å². The summed E-state index contributed by atoms with van der Waals surface area (Å²) in [6.07, 6.45) is 1.39. The van der Waals surface area contributed by atoms with Crippen molar-refractivity contribution >= 4 is 38.5 Å². The van der Waals surface area contributed by atoms with Crippen LogP contribution >= 0.6 is 11.5 Å². The molecular weight excluding hydrogens is 476 g/mol. The van der Waals surface area contributed by atoms with Crippen molar-refractivity contribution in [3.63, 3.8) is 0 Å². The predicted octanol–water partition coefficient (Wildman–Crippen LogP) is 3.86. The van der Waals surface area contributed by atoms with E-state index in [-0.39, 0.29) is 21.6 Å². The molecule has 0 saturated carbocycles. The first-order valence-electron chi connectivity index (χ1n) is 10.3. The number of benzene rings is 2. The van der Waals surface area contributed by atoms with Gasteiger partial charge in [0, 0.05) is 11.5 Å². The molecule has 1 heterocycles. The molecule has 11 heteroatoms. The van der Waals surface area contributed by atoms with E-state index in [0.717, 1.165) is 17.1 Å². The Morgan fingerprint density at radius 1 is 1.15 bits per heavy atom. The lowest BCUT2D eigenvalue weighted by Gasteiger charge is -2.13. The number of rotatable bonds is 10. The van der Waals surface area contributed by atoms with Gasteiger partial charge in [-0.15, -0.1) is 0 Å². The van der Waals surface area contributed by atoms with E-state index in [1.807, 2.05) is 43.3 Å². The molecule has 34 heavy (non-hydrogen) atoms. The van der Waals surface area contributed by atoms with Crippen LogP contribution in [0.15, 0.2) is 59.3 Å². The van der Waals surface area contributed by atoms with Crippen molar-refractivity contribution in [2.45, 2.75) is 25.6 Å². The minimum absolute atomic E-state index is 0.0159. The highest BCUT2D eigenvalue weighted by Crippen LogP contribution is 2.30. The van der Waals surface area contributed by atoms with Gasteiger partial charge in [-0.25, -0.2) is 8.42 Å². The highest BCUT2D eigenvalue weighted by Gasteiger charge is 2.20. The molecule has 3 rings (SSSR count). The third-order valence-corrected chi connectivity index (χ3v) is 6.71. The van der Waals surface area contributed by atoms with Gasteiger partial charge in [-0.05, 0) is 36.3 Å². The average molecular weight is 499 g/mol. The summed E-state index contributed by atoms with van der Waals surface area (Å²) in [5, 5.41) is 11.5. The molecule has 0 atom stereocenters. The second-order valence-corrected chi connectivity index (χ2v) is 9.75. The van der Waals surface area contributed by atoms with E-state index in [4.69, 9.17) is 9.47 Å². The van der Waals surface area contributed by atoms with E-state index in [9.17, 15) is 18.5 Å². The summed E-state index contributed by atoms with van der Waals surface area (Å²) in [4.78, 5) is 16.4. The number of carbonyl (C=O) groups excluding carboxylic acids is 1. The van der Waals surface area contributed by atoms with Gasteiger partial charge in [0.05, 0.1) is 12.4 Å². The zero-order chi connectivity index (χ0) is 24.6. The zero-order valence-corrected chi connectivity index (χ0v) is 20.1. The molecule has 0 radical (unpaired) electrons. The Kier molecular flexibility index (Phi) is 8.34. The highest BCUT2D eigenvalue weighted by atomic mass is 32.2. The summed E-state index contributed by atoms with van der Waals surface area (Å²) in [5.74, 6) is 0.113. The lowest BCUT2D eigenvalue weighted by molar-refractivity contribution is -0.112. The molecule has 0 aliphatic carbocycles. The molecular formula is C23H22N4O5S2. The molecule has 1 amide bonds. The van der Waals surface area contributed by atoms with Crippen LogP contribution in [-0.4, -0.2) is 36.0 Å². The first-order valence-corrected chi connectivity index (χ1v) is 12.7. The van der Waals surface area contributed by atoms with Crippen molar-refractivity contribution in [3.8, 4) is 17.6 Å². The number of hydrogen-bond acceptors (Lipinski definition) is 9. The van der Waals surface area contributed by atoms with Crippen molar-refractivity contribution in [2.75, 3.05) is 17.7 Å². The Labute approximate surface area is 201 Å². The van der Waals surface area contributed by atoms with Crippen LogP contribution in [0.2, 0.25) is 0 Å². The van der Waals surface area contributed by atoms with E-state index in [1.54, 1.807) is 18.2 Å². The molecule has 9 nitrogen and oxygen atoms in total. The van der Waals surface area contributed by atoms with Crippen molar-refractivity contribution in [2.24, 2.45) is 0 Å². The van der Waals surface area contributed by atoms with Crippen molar-refractivity contribution in [3.05, 3.63) is 65.2 Å². The Morgan fingerprint density at radius 2 is 1.91 bits per heavy atom. The highest BCUT2D eigenvalue weighted by molar-refractivity contribution is 7.91. The van der Waals surface area contributed by atoms with Gasteiger partial charge in [0.25, 0.3) is 11.1 Å². The van der Waals surface area contributed by atoms with E-state index in [0.29, 0.717) is 30.3 Å². The number of aromatic nitrogens is 2. The van der Waals surface area contributed by atoms with Crippen LogP contribution in [0.5, 0.6) is 11.5 Å². The van der Waals surface area contributed by atoms with Crippen LogP contribution in [0.25, 0.3) is 6.08 Å². The molecule has 0 bridgehead atoms. The van der Waals surface area contributed by atoms with E-state index < -0.39 is 15.7 Å². The van der Waals surface area contributed by atoms with E-state index in [1.165, 1.54) is 13.0 Å². The van der Waals surface area contributed by atoms with Gasteiger partial charge in [0.1, 0.15) is 18.2 Å². The second-order valence-electron chi connectivity index (χ2n) is 6.82. The quantitative estimate of drug-likeness (QED) is 0.329. The lowest BCUT2D eigenvalue weighted by atomic mass is 10.1. The van der Waals surface area contributed by atoms with Gasteiger partial charge in [-0.2, -0.15) is 14.6 Å². The number of nitrogens with zero attached hydrogens (tertiary/aromatic N) is 3. The van der Waals surface area contributed by atoms with Crippen molar-refractivity contribution in [1.29, 1.82) is 5.26 Å². The number of nitriles is 1. The molecule has 3 aromatic rings. The molecule has 2 aromatic carbocycles. The molecule has 0 saturated heterocycles. The maximum Gasteiger partial charge on any atom is 0.268 e. The standard InChI is InChI=1S/C23H22N4O5S2/c1-3-31-20-13-17(10-11-19(20)32-15-16-8-6-5-7-9-16)12-18(14-24)21(28)25-22-26-23(27-33-22)34(29,30)4-2/h5-13H,3-4,15H2,1-2H3,(H,25,26,27,28). The second kappa shape index (κ2) is 11.4. The smallest absolute Gasteiger partial charge is 0.268 e. The van der Waals surface area contributed by atoms with Crippen LogP contribution in [0.1, 0.15) is 25.0 Å². The summed E-state index contributed by atoms with van der Waals surface area (Å²) in [7, 11) is -3.59. The zero-order valence-electron chi connectivity index (χ0n) is 18.5. The monoisotopic (exact) mass is 498 g/mol. The summed E-state index contributed by atoms with van der Waals surface area (Å²) in [6, 6.07) is 16.6. The first kappa shape index (κ1) is 24.9. The number of nitrogens with one attached hydrogen (secondary N) is 1. The molecule has 0 fully saturated rings. The average Bonchev–Trinajstić information content (AvgIpc) is 3.32. The molecule has 1 aromatic heterocycles. The summed E-state index contributed by atoms with van der Waals surface area (Å²) < 4.78 is 39.0. The van der Waals surface area contributed by atoms with Crippen LogP contribution in [0, 0.1) is 11.3 Å². The van der Waals surface area contributed by atoms with Crippen LogP contribution in [0.3, 0.4) is 0 Å². The minimum Gasteiger partial charge on any atom is -0.490 e. The van der Waals surface area contributed by atoms with Crippen LogP contribution < -0.4 is 14.8 Å². The lowest BCUT2D eigenvalue weighted by Crippen LogP contribution is -2.13. The Bertz CT molecular complexity index is 1330. The third kappa shape index (κ3) is 6.40. The fraction of sp³-hybridized carbons (Fsp3) is 0.217. The number of ether oxygens (including phenoxy) is 2. The van der Waals surface area contributed by atoms with Crippen molar-refractivity contribution < 1.29 is 22.7 Å². The molecule has 0 aliphatic rings. The minimum atomic E-state index is -3.59. The molecule has 0 spiro atoms. The first-order chi connectivity index (χ1) is 16.4. The van der Waals surface area contributed by atoms with Gasteiger partial charge < -0.3 is 9.47 Å². The number of sulfone groups is 1. The maximum absolute atomic E-state index is 12.5. The third-order valence-electron chi connectivity index (χ3n) is 4.47. The normalized spacial score (nSPS) is 11.5. The maximum atomic E-state index is 12.5. The number of anilines is 1. The summed E-state index contributed by atoms with van der Waals surface area (Å²) in [5.41, 5.74) is 1.35. The van der Waals surface area contributed by atoms with E-state index in [2.05, 4.69) is 14.7 Å². The van der Waals surface area contributed by atoms with Gasteiger partial charge >= 0.3 is 0 Å². The number of hydrogen-bond donors (Lipinski definition) is 1. The van der Waals surface area contributed by atoms with Gasteiger partial charge in [0.2, 0.25) is 15.0 Å². The van der Waals surface area contributed by atoms with Gasteiger partial charge in [-0.1, -0.05) is 43.3 Å². The van der Waals surface area contributed by atoms with Gasteiger partial charge in [-0.3, -0.25) is 10.1 Å². The van der Waals surface area contributed by atoms with E-state index >= 15 is 0 Å². The number of amides is 1. The topological polar surface area (TPSA) is 131 Å². The Morgan fingerprint density at radius 3 is 2.59 bits per heavy atom. The molecule has 0 aliphatic heterocycles. The Hall–Kier alpha value is -3.75. The fourth-order valence-electron chi connectivity index (χ4n) is 2.73. The largest absolute Gasteiger partial charge is 0.490 e. The number of carbonyl (C=O) groups is 1. The predicted molar refractivity (Wildman–Crippen MR) is 128 cm³/mol. The fourth-order valence-corrected chi connectivity index (χ4v) is 4.32.